The van der Waals surface area contributed by atoms with Crippen LogP contribution < -0.4 is 14.0 Å². The summed E-state index contributed by atoms with van der Waals surface area (Å²) in [6.45, 7) is 24.9. The number of rotatable bonds is 4. The molecule has 0 spiro atoms. The van der Waals surface area contributed by atoms with Gasteiger partial charge in [0.05, 0.1) is 0 Å². The van der Waals surface area contributed by atoms with Crippen LogP contribution in [0.2, 0.25) is 0 Å². The topological polar surface area (TPSA) is 87.6 Å². The van der Waals surface area contributed by atoms with E-state index in [2.05, 4.69) is 59.8 Å². The molecule has 2 heterocycles. The molecular formula is C29H43ClO5Se. The second kappa shape index (κ2) is 10.5. The van der Waals surface area contributed by atoms with Gasteiger partial charge in [0.25, 0.3) is 0 Å². The fraction of sp³-hybridized carbons (Fsp3) is 0.552. The maximum absolute atomic E-state index is 11.6. The summed E-state index contributed by atoms with van der Waals surface area (Å²) < 4.78 is 47.9. The van der Waals surface area contributed by atoms with Crippen LogP contribution in [0.1, 0.15) is 83.1 Å². The monoisotopic (exact) mass is 586 g/mol. The zero-order valence-electron chi connectivity index (χ0n) is 23.9. The molecule has 0 N–H and O–H groups in total. The van der Waals surface area contributed by atoms with Gasteiger partial charge in [0.1, 0.15) is 0 Å². The summed E-state index contributed by atoms with van der Waals surface area (Å²) in [7, 11) is -4.53. The Morgan fingerprint density at radius 2 is 1.22 bits per heavy atom. The SMILES string of the molecule is CC(C)(C)C1=CC(=C/C=C/C2=CC(C(C)(C)C)=[Se](O[Cl+3]([O-])([O-])[O-])C(C(C)(C)C)=C2)C=C(C(C)(C)C)O1. The van der Waals surface area contributed by atoms with Crippen molar-refractivity contribution >= 4 is 18.2 Å². The summed E-state index contributed by atoms with van der Waals surface area (Å²) in [4.78, 5) is 0. The molecule has 1 unspecified atom stereocenters. The van der Waals surface area contributed by atoms with E-state index < -0.39 is 24.0 Å². The third kappa shape index (κ3) is 8.66. The molecule has 0 saturated heterocycles. The van der Waals surface area contributed by atoms with Crippen LogP contribution >= 0.6 is 0 Å². The molecular weight excluding hydrogens is 543 g/mol. The van der Waals surface area contributed by atoms with E-state index >= 15 is 0 Å². The van der Waals surface area contributed by atoms with Crippen LogP contribution in [0, 0.1) is 31.9 Å². The Morgan fingerprint density at radius 3 is 1.61 bits per heavy atom. The van der Waals surface area contributed by atoms with Crippen LogP contribution in [0.15, 0.2) is 69.7 Å². The quantitative estimate of drug-likeness (QED) is 0.453. The Balaban J connectivity index is 2.59. The molecule has 0 bridgehead atoms. The van der Waals surface area contributed by atoms with Gasteiger partial charge in [-0.3, -0.25) is 0 Å². The molecule has 2 aliphatic heterocycles. The van der Waals surface area contributed by atoms with Gasteiger partial charge in [0.2, 0.25) is 0 Å². The van der Waals surface area contributed by atoms with Gasteiger partial charge < -0.3 is 0 Å². The molecule has 1 atom stereocenters. The molecule has 0 aromatic rings. The van der Waals surface area contributed by atoms with Gasteiger partial charge in [-0.2, -0.15) is 0 Å². The van der Waals surface area contributed by atoms with Gasteiger partial charge in [0, 0.05) is 0 Å². The molecule has 36 heavy (non-hydrogen) atoms. The first-order valence-corrected chi connectivity index (χ1v) is 15.8. The molecule has 2 aliphatic rings. The van der Waals surface area contributed by atoms with Crippen molar-refractivity contribution in [3.63, 3.8) is 0 Å². The van der Waals surface area contributed by atoms with Crippen molar-refractivity contribution in [3.8, 4) is 0 Å². The van der Waals surface area contributed by atoms with Crippen molar-refractivity contribution < 1.29 is 32.3 Å². The molecule has 0 amide bonds. The van der Waals surface area contributed by atoms with E-state index in [1.165, 1.54) is 0 Å². The van der Waals surface area contributed by atoms with Gasteiger partial charge in [0.15, 0.2) is 0 Å². The molecule has 0 aliphatic carbocycles. The maximum atomic E-state index is 11.6. The fourth-order valence-corrected chi connectivity index (χ4v) is 9.39. The Hall–Kier alpha value is -1.24. The van der Waals surface area contributed by atoms with Crippen molar-refractivity contribution in [2.75, 3.05) is 0 Å². The first-order chi connectivity index (χ1) is 16.0. The van der Waals surface area contributed by atoms with Crippen LogP contribution in [-0.4, -0.2) is 18.2 Å². The van der Waals surface area contributed by atoms with Gasteiger partial charge in [-0.05, 0) is 0 Å². The summed E-state index contributed by atoms with van der Waals surface area (Å²) >= 11 is -2.51. The molecule has 7 heteroatoms. The molecule has 0 aromatic carbocycles. The normalized spacial score (nSPS) is 20.6. The second-order valence-electron chi connectivity index (χ2n) is 13.4. The van der Waals surface area contributed by atoms with E-state index in [-0.39, 0.29) is 21.7 Å². The molecule has 0 aromatic heterocycles. The predicted octanol–water partition coefficient (Wildman–Crippen LogP) is 4.52. The molecule has 0 radical (unpaired) electrons. The minimum atomic E-state index is -4.53. The van der Waals surface area contributed by atoms with Crippen molar-refractivity contribution in [1.82, 2.24) is 0 Å². The standard InChI is InChI=1S/C29H43ClO5Se/c1-26(2,3)22-16-20(17-23(34-22)27(4,5)6)14-13-15-21-18-24(28(7,8)9)36(35-30(31,32)33)25(19-21)29(10,11)12/h13-19H,1-12H3/b15-13+. The van der Waals surface area contributed by atoms with E-state index in [0.717, 1.165) is 31.6 Å². The van der Waals surface area contributed by atoms with E-state index in [9.17, 15) is 14.0 Å². The fourth-order valence-electron chi connectivity index (χ4n) is 3.43. The molecule has 5 nitrogen and oxygen atoms in total. The summed E-state index contributed by atoms with van der Waals surface area (Å²) in [6, 6.07) is 0. The van der Waals surface area contributed by atoms with E-state index in [0.29, 0.717) is 0 Å². The molecule has 2 rings (SSSR count). The van der Waals surface area contributed by atoms with E-state index in [1.807, 2.05) is 65.8 Å². The zero-order valence-corrected chi connectivity index (χ0v) is 26.3. The Kier molecular flexibility index (Phi) is 9.03. The van der Waals surface area contributed by atoms with Crippen molar-refractivity contribution in [2.24, 2.45) is 21.7 Å². The minimum absolute atomic E-state index is 0.124. The van der Waals surface area contributed by atoms with Gasteiger partial charge in [-0.15, -0.1) is 0 Å². The first-order valence-electron chi connectivity index (χ1n) is 12.2. The number of ether oxygens (including phenoxy) is 1. The van der Waals surface area contributed by atoms with Crippen LogP contribution in [0.4, 0.5) is 0 Å². The molecule has 202 valence electrons. The molecule has 0 fully saturated rings. The van der Waals surface area contributed by atoms with Crippen molar-refractivity contribution in [1.29, 1.82) is 0 Å². The Bertz CT molecular complexity index is 1050. The summed E-state index contributed by atoms with van der Waals surface area (Å²) in [5.41, 5.74) is 1.03. The third-order valence-corrected chi connectivity index (χ3v) is 12.3. The van der Waals surface area contributed by atoms with E-state index in [1.54, 1.807) is 0 Å². The van der Waals surface area contributed by atoms with Gasteiger partial charge >= 0.3 is 225 Å². The summed E-state index contributed by atoms with van der Waals surface area (Å²) in [5, 5.41) is 0. The molecule has 0 saturated carbocycles. The van der Waals surface area contributed by atoms with Crippen LogP contribution in [0.25, 0.3) is 0 Å². The zero-order chi connectivity index (χ0) is 27.9. The average Bonchev–Trinajstić information content (AvgIpc) is 2.64. The van der Waals surface area contributed by atoms with Crippen LogP contribution in [0.5, 0.6) is 0 Å². The summed E-state index contributed by atoms with van der Waals surface area (Å²) in [6.07, 6.45) is 14.2. The van der Waals surface area contributed by atoms with Gasteiger partial charge in [-0.25, -0.2) is 0 Å². The van der Waals surface area contributed by atoms with Gasteiger partial charge in [-0.1, -0.05) is 0 Å². The van der Waals surface area contributed by atoms with Crippen LogP contribution in [0.3, 0.4) is 0 Å². The first kappa shape index (κ1) is 31.0. The average molecular weight is 586 g/mol. The van der Waals surface area contributed by atoms with Crippen molar-refractivity contribution in [2.45, 2.75) is 83.1 Å². The summed E-state index contributed by atoms with van der Waals surface area (Å²) in [5.74, 6) is 1.85. The number of allylic oxidation sites excluding steroid dienone is 12. The third-order valence-electron chi connectivity index (χ3n) is 5.48. The number of halogens is 1. The number of hydrogen-bond donors (Lipinski definition) is 0. The van der Waals surface area contributed by atoms with Crippen LogP contribution in [-0.2, 0) is 8.11 Å². The predicted molar refractivity (Wildman–Crippen MR) is 140 cm³/mol. The van der Waals surface area contributed by atoms with Crippen molar-refractivity contribution in [3.05, 3.63) is 69.7 Å². The van der Waals surface area contributed by atoms with E-state index in [4.69, 9.17) is 8.11 Å². The number of hydrogen-bond acceptors (Lipinski definition) is 5. The Morgan fingerprint density at radius 1 is 0.722 bits per heavy atom. The second-order valence-corrected chi connectivity index (χ2v) is 18.0. The Labute approximate surface area is 224 Å².